The van der Waals surface area contributed by atoms with Crippen molar-refractivity contribution in [2.45, 2.75) is 0 Å². The quantitative estimate of drug-likeness (QED) is 0.232. The fourth-order valence-electron chi connectivity index (χ4n) is 5.08. The highest BCUT2D eigenvalue weighted by Gasteiger charge is 2.19. The van der Waals surface area contributed by atoms with Crippen molar-refractivity contribution < 1.29 is 0 Å². The number of nitrogens with zero attached hydrogens (tertiary/aromatic N) is 3. The van der Waals surface area contributed by atoms with Gasteiger partial charge in [0.15, 0.2) is 0 Å². The summed E-state index contributed by atoms with van der Waals surface area (Å²) in [4.78, 5) is 5.04. The molecule has 0 saturated carbocycles. The van der Waals surface area contributed by atoms with Gasteiger partial charge in [-0.25, -0.2) is 4.98 Å². The molecule has 0 unspecified atom stereocenters. The fraction of sp³-hybridized carbons (Fsp3) is 0. The van der Waals surface area contributed by atoms with Crippen molar-refractivity contribution in [2.75, 3.05) is 0 Å². The second-order valence-corrected chi connectivity index (χ2v) is 9.58. The van der Waals surface area contributed by atoms with Crippen molar-refractivity contribution in [1.29, 1.82) is 0 Å². The Morgan fingerprint density at radius 3 is 2.29 bits per heavy atom. The van der Waals surface area contributed by atoms with Crippen molar-refractivity contribution >= 4 is 43.4 Å². The van der Waals surface area contributed by atoms with Crippen LogP contribution in [0.1, 0.15) is 0 Å². The van der Waals surface area contributed by atoms with E-state index in [1.165, 1.54) is 21.8 Å². The standard InChI is InChI=1S/C31H20BrN3/c32-23-10-8-9-21(19-23)30-31(34-18-7-6-15-29(34)33-30)22-16-17-26-25-13-4-5-14-27(25)35(28(26)20-22)24-11-2-1-3-12-24/h1-20H. The molecule has 0 aliphatic rings. The van der Waals surface area contributed by atoms with Crippen LogP contribution >= 0.6 is 15.9 Å². The lowest BCUT2D eigenvalue weighted by Gasteiger charge is -2.10. The highest BCUT2D eigenvalue weighted by Crippen LogP contribution is 2.38. The summed E-state index contributed by atoms with van der Waals surface area (Å²) in [6.45, 7) is 0. The predicted octanol–water partition coefficient (Wildman–Crippen LogP) is 8.53. The molecule has 3 heterocycles. The summed E-state index contributed by atoms with van der Waals surface area (Å²) in [6, 6.07) is 40.5. The van der Waals surface area contributed by atoms with Crippen molar-refractivity contribution in [2.24, 2.45) is 0 Å². The zero-order valence-electron chi connectivity index (χ0n) is 18.8. The lowest BCUT2D eigenvalue weighted by Crippen LogP contribution is -1.94. The number of halogens is 1. The van der Waals surface area contributed by atoms with Gasteiger partial charge in [0, 0.05) is 38.3 Å². The maximum absolute atomic E-state index is 5.04. The van der Waals surface area contributed by atoms with Crippen LogP contribution in [0.15, 0.2) is 126 Å². The van der Waals surface area contributed by atoms with Crippen LogP contribution in [0.2, 0.25) is 0 Å². The van der Waals surface area contributed by atoms with E-state index in [4.69, 9.17) is 4.98 Å². The molecule has 0 aliphatic heterocycles. The Bertz CT molecular complexity index is 1860. The SMILES string of the molecule is Brc1cccc(-c2nc3ccccn3c2-c2ccc3c4ccccc4n(-c4ccccc4)c3c2)c1. The number of rotatable bonds is 3. The number of aromatic nitrogens is 3. The van der Waals surface area contributed by atoms with E-state index in [-0.39, 0.29) is 0 Å². The molecular weight excluding hydrogens is 494 g/mol. The molecule has 166 valence electrons. The summed E-state index contributed by atoms with van der Waals surface area (Å²) in [7, 11) is 0. The maximum Gasteiger partial charge on any atom is 0.137 e. The summed E-state index contributed by atoms with van der Waals surface area (Å²) >= 11 is 3.63. The van der Waals surface area contributed by atoms with Crippen LogP contribution in [0, 0.1) is 0 Å². The van der Waals surface area contributed by atoms with Gasteiger partial charge in [-0.3, -0.25) is 4.40 Å². The molecule has 0 aliphatic carbocycles. The normalized spacial score (nSPS) is 11.6. The molecule has 0 fully saturated rings. The smallest absolute Gasteiger partial charge is 0.137 e. The Morgan fingerprint density at radius 1 is 0.600 bits per heavy atom. The van der Waals surface area contributed by atoms with Crippen LogP contribution < -0.4 is 0 Å². The third kappa shape index (κ3) is 3.22. The van der Waals surface area contributed by atoms with E-state index in [0.29, 0.717) is 0 Å². The third-order valence-corrected chi connectivity index (χ3v) is 7.08. The van der Waals surface area contributed by atoms with Crippen LogP contribution in [0.4, 0.5) is 0 Å². The molecule has 0 spiro atoms. The van der Waals surface area contributed by atoms with E-state index in [9.17, 15) is 0 Å². The van der Waals surface area contributed by atoms with E-state index in [1.54, 1.807) is 0 Å². The molecule has 0 bridgehead atoms. The summed E-state index contributed by atoms with van der Waals surface area (Å²) in [5, 5.41) is 2.49. The molecule has 4 heteroatoms. The molecule has 3 aromatic heterocycles. The molecule has 3 nitrogen and oxygen atoms in total. The minimum atomic E-state index is 0.932. The van der Waals surface area contributed by atoms with Crippen molar-refractivity contribution in [3.05, 3.63) is 126 Å². The van der Waals surface area contributed by atoms with Crippen molar-refractivity contribution in [1.82, 2.24) is 14.0 Å². The van der Waals surface area contributed by atoms with E-state index >= 15 is 0 Å². The van der Waals surface area contributed by atoms with E-state index < -0.39 is 0 Å². The lowest BCUT2D eigenvalue weighted by atomic mass is 10.0. The van der Waals surface area contributed by atoms with Crippen LogP contribution in [-0.4, -0.2) is 14.0 Å². The molecule has 7 aromatic rings. The Balaban J connectivity index is 1.57. The third-order valence-electron chi connectivity index (χ3n) is 6.59. The highest BCUT2D eigenvalue weighted by molar-refractivity contribution is 9.10. The number of hydrogen-bond acceptors (Lipinski definition) is 1. The van der Waals surface area contributed by atoms with Gasteiger partial charge in [-0.05, 0) is 48.5 Å². The van der Waals surface area contributed by atoms with Gasteiger partial charge < -0.3 is 4.57 Å². The van der Waals surface area contributed by atoms with E-state index in [2.05, 4.69) is 134 Å². The van der Waals surface area contributed by atoms with Crippen LogP contribution in [0.25, 0.3) is 55.7 Å². The average Bonchev–Trinajstić information content (AvgIpc) is 3.45. The lowest BCUT2D eigenvalue weighted by molar-refractivity contribution is 1.17. The van der Waals surface area contributed by atoms with Crippen LogP contribution in [-0.2, 0) is 0 Å². The van der Waals surface area contributed by atoms with Crippen molar-refractivity contribution in [3.8, 4) is 28.2 Å². The number of benzene rings is 4. The first-order valence-electron chi connectivity index (χ1n) is 11.6. The Morgan fingerprint density at radius 2 is 1.40 bits per heavy atom. The van der Waals surface area contributed by atoms with Gasteiger partial charge in [0.25, 0.3) is 0 Å². The summed E-state index contributed by atoms with van der Waals surface area (Å²) in [5.74, 6) is 0. The zero-order valence-corrected chi connectivity index (χ0v) is 20.4. The number of hydrogen-bond donors (Lipinski definition) is 0. The second kappa shape index (κ2) is 7.97. The van der Waals surface area contributed by atoms with E-state index in [1.807, 2.05) is 12.1 Å². The van der Waals surface area contributed by atoms with Gasteiger partial charge >= 0.3 is 0 Å². The number of imidazole rings is 1. The minimum absolute atomic E-state index is 0.932. The average molecular weight is 514 g/mol. The van der Waals surface area contributed by atoms with Gasteiger partial charge in [0.2, 0.25) is 0 Å². The summed E-state index contributed by atoms with van der Waals surface area (Å²) < 4.78 is 5.58. The first-order valence-corrected chi connectivity index (χ1v) is 12.4. The molecule has 4 aromatic carbocycles. The fourth-order valence-corrected chi connectivity index (χ4v) is 5.48. The van der Waals surface area contributed by atoms with Crippen LogP contribution in [0.3, 0.4) is 0 Å². The number of para-hydroxylation sites is 2. The second-order valence-electron chi connectivity index (χ2n) is 8.67. The minimum Gasteiger partial charge on any atom is -0.309 e. The van der Waals surface area contributed by atoms with Gasteiger partial charge in [-0.15, -0.1) is 0 Å². The Kier molecular flexibility index (Phi) is 4.61. The first kappa shape index (κ1) is 20.2. The zero-order chi connectivity index (χ0) is 23.4. The maximum atomic E-state index is 5.04. The first-order chi connectivity index (χ1) is 17.3. The Labute approximate surface area is 211 Å². The van der Waals surface area contributed by atoms with E-state index in [0.717, 1.165) is 38.3 Å². The van der Waals surface area contributed by atoms with Gasteiger partial charge in [0.05, 0.1) is 22.4 Å². The molecule has 7 rings (SSSR count). The molecular formula is C31H20BrN3. The Hall–Kier alpha value is -4.15. The van der Waals surface area contributed by atoms with Gasteiger partial charge in [-0.2, -0.15) is 0 Å². The molecule has 0 amide bonds. The number of pyridine rings is 1. The van der Waals surface area contributed by atoms with Crippen LogP contribution in [0.5, 0.6) is 0 Å². The monoisotopic (exact) mass is 513 g/mol. The number of fused-ring (bicyclic) bond motifs is 4. The largest absolute Gasteiger partial charge is 0.309 e. The highest BCUT2D eigenvalue weighted by atomic mass is 79.9. The summed E-state index contributed by atoms with van der Waals surface area (Å²) in [6.07, 6.45) is 2.09. The molecule has 0 saturated heterocycles. The van der Waals surface area contributed by atoms with Gasteiger partial charge in [-0.1, -0.05) is 82.7 Å². The predicted molar refractivity (Wildman–Crippen MR) is 148 cm³/mol. The topological polar surface area (TPSA) is 22.2 Å². The van der Waals surface area contributed by atoms with Crippen molar-refractivity contribution in [3.63, 3.8) is 0 Å². The molecule has 0 radical (unpaired) electrons. The molecule has 35 heavy (non-hydrogen) atoms. The molecule has 0 N–H and O–H groups in total. The molecule has 0 atom stereocenters. The van der Waals surface area contributed by atoms with Gasteiger partial charge in [0.1, 0.15) is 5.65 Å². The summed E-state index contributed by atoms with van der Waals surface area (Å²) in [5.41, 5.74) is 8.75.